The van der Waals surface area contributed by atoms with Gasteiger partial charge in [0.2, 0.25) is 0 Å². The van der Waals surface area contributed by atoms with E-state index in [0.717, 1.165) is 0 Å². The highest BCUT2D eigenvalue weighted by Crippen LogP contribution is 2.15. The molecule has 6 N–H and O–H groups in total. The van der Waals surface area contributed by atoms with Crippen molar-refractivity contribution >= 4 is 0 Å². The third-order valence-corrected chi connectivity index (χ3v) is 3.41. The third kappa shape index (κ3) is 11.9. The smallest absolute Gasteiger partial charge is 0.124 e. The number of nitrogens with two attached hydrogens (primary N) is 3. The van der Waals surface area contributed by atoms with Crippen molar-refractivity contribution in [1.82, 2.24) is 0 Å². The molecule has 0 aliphatic rings. The van der Waals surface area contributed by atoms with E-state index in [0.29, 0.717) is 72.6 Å². The van der Waals surface area contributed by atoms with Crippen molar-refractivity contribution in [3.05, 3.63) is 12.7 Å². The molecule has 0 saturated carbocycles. The van der Waals surface area contributed by atoms with Gasteiger partial charge < -0.3 is 40.9 Å². The SMILES string of the molecule is C=CC(N)OCC(CN)(CN)COCCOCCOCCOCC. The molecule has 0 aromatic carbocycles. The lowest BCUT2D eigenvalue weighted by Crippen LogP contribution is -2.47. The molecule has 0 amide bonds. The minimum atomic E-state index is -0.534. The summed E-state index contributed by atoms with van der Waals surface area (Å²) in [5.41, 5.74) is 16.8. The third-order valence-electron chi connectivity index (χ3n) is 3.41. The Morgan fingerprint density at radius 3 is 1.83 bits per heavy atom. The predicted octanol–water partition coefficient (Wildman–Crippen LogP) is -0.536. The molecule has 0 aromatic heterocycles. The molecule has 0 heterocycles. The lowest BCUT2D eigenvalue weighted by atomic mass is 9.90. The highest BCUT2D eigenvalue weighted by Gasteiger charge is 2.28. The fourth-order valence-corrected chi connectivity index (χ4v) is 1.69. The summed E-state index contributed by atoms with van der Waals surface area (Å²) in [6.07, 6.45) is 0.983. The molecule has 24 heavy (non-hydrogen) atoms. The Labute approximate surface area is 145 Å². The van der Waals surface area contributed by atoms with Crippen molar-refractivity contribution < 1.29 is 23.7 Å². The zero-order chi connectivity index (χ0) is 18.1. The maximum Gasteiger partial charge on any atom is 0.124 e. The lowest BCUT2D eigenvalue weighted by molar-refractivity contribution is -0.0453. The first-order valence-corrected chi connectivity index (χ1v) is 8.35. The van der Waals surface area contributed by atoms with Gasteiger partial charge in [-0.3, -0.25) is 0 Å². The van der Waals surface area contributed by atoms with E-state index in [1.807, 2.05) is 6.92 Å². The lowest BCUT2D eigenvalue weighted by Gasteiger charge is -2.31. The number of hydrogen-bond acceptors (Lipinski definition) is 8. The largest absolute Gasteiger partial charge is 0.379 e. The van der Waals surface area contributed by atoms with Crippen LogP contribution in [0.15, 0.2) is 12.7 Å². The highest BCUT2D eigenvalue weighted by molar-refractivity contribution is 4.83. The van der Waals surface area contributed by atoms with Crippen LogP contribution in [0.5, 0.6) is 0 Å². The second kappa shape index (κ2) is 15.9. The van der Waals surface area contributed by atoms with Gasteiger partial charge in [-0.05, 0) is 13.0 Å². The Bertz CT molecular complexity index is 291. The van der Waals surface area contributed by atoms with E-state index in [9.17, 15) is 0 Å². The van der Waals surface area contributed by atoms with Crippen molar-refractivity contribution in [3.8, 4) is 0 Å². The van der Waals surface area contributed by atoms with Crippen molar-refractivity contribution in [2.75, 3.05) is 72.6 Å². The van der Waals surface area contributed by atoms with Crippen LogP contribution in [0.2, 0.25) is 0 Å². The van der Waals surface area contributed by atoms with Crippen molar-refractivity contribution in [1.29, 1.82) is 0 Å². The van der Waals surface area contributed by atoms with Gasteiger partial charge in [0, 0.05) is 25.1 Å². The van der Waals surface area contributed by atoms with Gasteiger partial charge in [0.15, 0.2) is 0 Å². The summed E-state index contributed by atoms with van der Waals surface area (Å²) < 4.78 is 27.0. The molecule has 1 unspecified atom stereocenters. The summed E-state index contributed by atoms with van der Waals surface area (Å²) in [7, 11) is 0. The predicted molar refractivity (Wildman–Crippen MR) is 93.6 cm³/mol. The first-order chi connectivity index (χ1) is 11.6. The Morgan fingerprint density at radius 2 is 1.38 bits per heavy atom. The van der Waals surface area contributed by atoms with Gasteiger partial charge in [-0.1, -0.05) is 6.58 Å². The monoisotopic (exact) mass is 349 g/mol. The van der Waals surface area contributed by atoms with Crippen LogP contribution in [0, 0.1) is 5.41 Å². The van der Waals surface area contributed by atoms with Gasteiger partial charge in [-0.2, -0.15) is 0 Å². The zero-order valence-electron chi connectivity index (χ0n) is 14.9. The maximum absolute atomic E-state index is 5.81. The summed E-state index contributed by atoms with van der Waals surface area (Å²) in [5, 5.41) is 0. The van der Waals surface area contributed by atoms with Gasteiger partial charge in [-0.25, -0.2) is 0 Å². The topological polar surface area (TPSA) is 124 Å². The second-order valence-electron chi connectivity index (χ2n) is 5.39. The quantitative estimate of drug-likeness (QED) is 0.171. The van der Waals surface area contributed by atoms with Gasteiger partial charge >= 0.3 is 0 Å². The molecule has 0 spiro atoms. The van der Waals surface area contributed by atoms with Crippen LogP contribution in [0.1, 0.15) is 6.92 Å². The summed E-state index contributed by atoms with van der Waals surface area (Å²) in [6.45, 7) is 10.8. The van der Waals surface area contributed by atoms with Crippen molar-refractivity contribution in [2.45, 2.75) is 13.2 Å². The molecule has 0 saturated heterocycles. The molecule has 0 aromatic rings. The van der Waals surface area contributed by atoms with Crippen molar-refractivity contribution in [3.63, 3.8) is 0 Å². The number of ether oxygens (including phenoxy) is 5. The fraction of sp³-hybridized carbons (Fsp3) is 0.875. The Hall–Kier alpha value is -0.580. The van der Waals surface area contributed by atoms with Crippen LogP contribution in [0.25, 0.3) is 0 Å². The number of hydrogen-bond donors (Lipinski definition) is 3. The van der Waals surface area contributed by atoms with Gasteiger partial charge in [0.05, 0.1) is 52.9 Å². The minimum Gasteiger partial charge on any atom is -0.379 e. The van der Waals surface area contributed by atoms with Crippen LogP contribution in [-0.4, -0.2) is 78.8 Å². The molecule has 0 aliphatic heterocycles. The van der Waals surface area contributed by atoms with Gasteiger partial charge in [0.1, 0.15) is 6.23 Å². The fourth-order valence-electron chi connectivity index (χ4n) is 1.69. The molecular formula is C16H35N3O5. The summed E-state index contributed by atoms with van der Waals surface area (Å²) >= 11 is 0. The summed E-state index contributed by atoms with van der Waals surface area (Å²) in [4.78, 5) is 0. The average molecular weight is 349 g/mol. The minimum absolute atomic E-state index is 0.321. The van der Waals surface area contributed by atoms with Crippen molar-refractivity contribution in [2.24, 2.45) is 22.6 Å². The number of rotatable bonds is 18. The van der Waals surface area contributed by atoms with E-state index < -0.39 is 11.6 Å². The van der Waals surface area contributed by atoms with Crippen LogP contribution in [0.3, 0.4) is 0 Å². The molecule has 0 radical (unpaired) electrons. The summed E-state index contributed by atoms with van der Waals surface area (Å²) in [6, 6.07) is 0. The molecule has 0 fully saturated rings. The second-order valence-corrected chi connectivity index (χ2v) is 5.39. The summed E-state index contributed by atoms with van der Waals surface area (Å²) in [5.74, 6) is 0. The first kappa shape index (κ1) is 23.4. The van der Waals surface area contributed by atoms with Crippen LogP contribution >= 0.6 is 0 Å². The van der Waals surface area contributed by atoms with E-state index in [2.05, 4.69) is 6.58 Å². The Balaban J connectivity index is 3.68. The molecule has 0 rings (SSSR count). The first-order valence-electron chi connectivity index (χ1n) is 8.35. The van der Waals surface area contributed by atoms with Crippen LogP contribution in [0.4, 0.5) is 0 Å². The average Bonchev–Trinajstić information content (AvgIpc) is 2.62. The highest BCUT2D eigenvalue weighted by atomic mass is 16.6. The zero-order valence-corrected chi connectivity index (χ0v) is 14.9. The Kier molecular flexibility index (Phi) is 15.5. The molecule has 8 nitrogen and oxygen atoms in total. The van der Waals surface area contributed by atoms with Gasteiger partial charge in [-0.15, -0.1) is 0 Å². The van der Waals surface area contributed by atoms with Crippen LogP contribution < -0.4 is 17.2 Å². The molecule has 1 atom stereocenters. The standard InChI is InChI=1S/C16H35N3O5/c1-3-15(19)24-14-16(11-17,12-18)13-23-10-9-22-8-7-21-6-5-20-4-2/h3,15H,1,4-14,17-19H2,2H3. The normalized spacial score (nSPS) is 13.2. The van der Waals surface area contributed by atoms with Gasteiger partial charge in [0.25, 0.3) is 0 Å². The maximum atomic E-state index is 5.81. The van der Waals surface area contributed by atoms with Crippen LogP contribution in [-0.2, 0) is 23.7 Å². The molecule has 0 bridgehead atoms. The molecule has 0 aliphatic carbocycles. The molecular weight excluding hydrogens is 314 g/mol. The van der Waals surface area contributed by atoms with E-state index in [-0.39, 0.29) is 0 Å². The Morgan fingerprint density at radius 1 is 0.875 bits per heavy atom. The van der Waals surface area contributed by atoms with E-state index in [1.165, 1.54) is 6.08 Å². The van der Waals surface area contributed by atoms with E-state index >= 15 is 0 Å². The van der Waals surface area contributed by atoms with E-state index in [1.54, 1.807) is 0 Å². The molecule has 8 heteroatoms. The molecule has 144 valence electrons. The van der Waals surface area contributed by atoms with E-state index in [4.69, 9.17) is 40.9 Å².